The molecule has 2 aromatic rings. The molecule has 0 aliphatic carbocycles. The molecule has 6 heteroatoms. The topological polar surface area (TPSA) is 127 Å². The van der Waals surface area contributed by atoms with Crippen molar-refractivity contribution in [3.8, 4) is 11.1 Å². The van der Waals surface area contributed by atoms with Gasteiger partial charge in [-0.15, -0.1) is 0 Å². The van der Waals surface area contributed by atoms with Crippen molar-refractivity contribution in [3.05, 3.63) is 60.7 Å². The van der Waals surface area contributed by atoms with Crippen molar-refractivity contribution in [3.63, 3.8) is 0 Å². The second-order valence-corrected chi connectivity index (χ2v) is 6.14. The Kier molecular flexibility index (Phi) is 16.0. The average Bonchev–Trinajstić information content (AvgIpc) is 2.73. The maximum absolute atomic E-state index is 10.1. The van der Waals surface area contributed by atoms with Crippen molar-refractivity contribution in [2.24, 2.45) is 11.7 Å². The van der Waals surface area contributed by atoms with E-state index < -0.39 is 11.9 Å². The van der Waals surface area contributed by atoms with Crippen LogP contribution in [0.1, 0.15) is 51.4 Å². The molecule has 0 radical (unpaired) electrons. The number of benzene rings is 2. The lowest BCUT2D eigenvalue weighted by atomic mass is 10.1. The van der Waals surface area contributed by atoms with Gasteiger partial charge in [0.15, 0.2) is 0 Å². The zero-order valence-corrected chi connectivity index (χ0v) is 16.3. The molecule has 0 spiro atoms. The van der Waals surface area contributed by atoms with Crippen molar-refractivity contribution < 1.29 is 19.8 Å². The molecule has 6 N–H and O–H groups in total. The van der Waals surface area contributed by atoms with Crippen LogP contribution < -0.4 is 11.7 Å². The predicted molar refractivity (Wildman–Crippen MR) is 112 cm³/mol. The largest absolute Gasteiger partial charge is 0.481 e. The average molecular weight is 389 g/mol. The minimum Gasteiger partial charge on any atom is -0.481 e. The highest BCUT2D eigenvalue weighted by Gasteiger charge is 1.98. The van der Waals surface area contributed by atoms with E-state index in [-0.39, 0.29) is 12.8 Å². The third kappa shape index (κ3) is 14.5. The van der Waals surface area contributed by atoms with Gasteiger partial charge in [-0.05, 0) is 24.0 Å². The Labute approximate surface area is 167 Å². The molecule has 0 amide bonds. The Hall–Kier alpha value is -2.70. The molecule has 0 saturated carbocycles. The van der Waals surface area contributed by atoms with Gasteiger partial charge in [-0.25, -0.2) is 0 Å². The molecule has 28 heavy (non-hydrogen) atoms. The third-order valence-electron chi connectivity index (χ3n) is 3.91. The van der Waals surface area contributed by atoms with Gasteiger partial charge >= 0.3 is 11.9 Å². The van der Waals surface area contributed by atoms with E-state index in [4.69, 9.17) is 10.2 Å². The van der Waals surface area contributed by atoms with Gasteiger partial charge in [-0.2, -0.15) is 0 Å². The number of hydrogen-bond donors (Lipinski definition) is 4. The molecule has 2 aromatic carbocycles. The molecule has 154 valence electrons. The van der Waals surface area contributed by atoms with E-state index in [0.717, 1.165) is 38.5 Å². The van der Waals surface area contributed by atoms with Crippen LogP contribution in [-0.4, -0.2) is 22.2 Å². The molecule has 2 rings (SSSR count). The SMILES string of the molecule is NN.O=C(O)CCCCCCCCC(=O)O.c1ccc(-c2ccccc2)cc1. The maximum atomic E-state index is 10.1. The molecule has 0 heterocycles. The number of rotatable bonds is 10. The maximum Gasteiger partial charge on any atom is 0.303 e. The van der Waals surface area contributed by atoms with E-state index in [0.29, 0.717) is 0 Å². The molecule has 0 fully saturated rings. The second-order valence-electron chi connectivity index (χ2n) is 6.14. The lowest BCUT2D eigenvalue weighted by Crippen LogP contribution is -2.02. The zero-order chi connectivity index (χ0) is 21.0. The van der Waals surface area contributed by atoms with Crippen LogP contribution in [0.2, 0.25) is 0 Å². The first-order chi connectivity index (χ1) is 13.6. The fourth-order valence-electron chi connectivity index (χ4n) is 2.52. The quantitative estimate of drug-likeness (QED) is 0.270. The van der Waals surface area contributed by atoms with Crippen molar-refractivity contribution in [1.29, 1.82) is 0 Å². The first-order valence-corrected chi connectivity index (χ1v) is 9.47. The Morgan fingerprint density at radius 1 is 0.571 bits per heavy atom. The van der Waals surface area contributed by atoms with E-state index >= 15 is 0 Å². The number of unbranched alkanes of at least 4 members (excludes halogenated alkanes) is 5. The molecule has 0 aromatic heterocycles. The van der Waals surface area contributed by atoms with E-state index in [2.05, 4.69) is 60.2 Å². The van der Waals surface area contributed by atoms with Crippen molar-refractivity contribution in [2.45, 2.75) is 51.4 Å². The predicted octanol–water partition coefficient (Wildman–Crippen LogP) is 4.45. The van der Waals surface area contributed by atoms with Gasteiger partial charge in [-0.1, -0.05) is 86.3 Å². The summed E-state index contributed by atoms with van der Waals surface area (Å²) in [7, 11) is 0. The Morgan fingerprint density at radius 3 is 1.14 bits per heavy atom. The summed E-state index contributed by atoms with van der Waals surface area (Å²) in [4.78, 5) is 20.3. The van der Waals surface area contributed by atoms with Crippen LogP contribution in [0, 0.1) is 0 Å². The van der Waals surface area contributed by atoms with Crippen molar-refractivity contribution in [1.82, 2.24) is 0 Å². The highest BCUT2D eigenvalue weighted by Crippen LogP contribution is 2.17. The molecule has 0 aliphatic heterocycles. The number of hydrogen-bond acceptors (Lipinski definition) is 4. The van der Waals surface area contributed by atoms with Crippen LogP contribution in [0.4, 0.5) is 0 Å². The number of nitrogens with two attached hydrogens (primary N) is 2. The van der Waals surface area contributed by atoms with Crippen LogP contribution in [0.25, 0.3) is 11.1 Å². The first kappa shape index (κ1) is 25.3. The molecule has 0 bridgehead atoms. The van der Waals surface area contributed by atoms with E-state index in [1.165, 1.54) is 11.1 Å². The summed E-state index contributed by atoms with van der Waals surface area (Å²) < 4.78 is 0. The lowest BCUT2D eigenvalue weighted by molar-refractivity contribution is -0.138. The van der Waals surface area contributed by atoms with E-state index in [1.54, 1.807) is 0 Å². The van der Waals surface area contributed by atoms with Gasteiger partial charge in [0, 0.05) is 12.8 Å². The zero-order valence-electron chi connectivity index (χ0n) is 16.3. The fourth-order valence-corrected chi connectivity index (χ4v) is 2.52. The van der Waals surface area contributed by atoms with Gasteiger partial charge in [0.2, 0.25) is 0 Å². The second kappa shape index (κ2) is 17.7. The number of carbonyl (C=O) groups is 2. The molecule has 0 aliphatic rings. The van der Waals surface area contributed by atoms with Crippen LogP contribution in [0.15, 0.2) is 60.7 Å². The molecule has 0 unspecified atom stereocenters. The monoisotopic (exact) mass is 388 g/mol. The minimum absolute atomic E-state index is 0.245. The Balaban J connectivity index is 0.000000480. The molecular formula is C22H32N2O4. The highest BCUT2D eigenvalue weighted by molar-refractivity contribution is 5.66. The first-order valence-electron chi connectivity index (χ1n) is 9.47. The van der Waals surface area contributed by atoms with Gasteiger partial charge in [0.1, 0.15) is 0 Å². The summed E-state index contributed by atoms with van der Waals surface area (Å²) in [5.41, 5.74) is 2.55. The Morgan fingerprint density at radius 2 is 0.857 bits per heavy atom. The van der Waals surface area contributed by atoms with E-state index in [1.807, 2.05) is 12.1 Å². The summed E-state index contributed by atoms with van der Waals surface area (Å²) in [5.74, 6) is 6.52. The minimum atomic E-state index is -0.740. The highest BCUT2D eigenvalue weighted by atomic mass is 16.4. The van der Waals surface area contributed by atoms with Crippen molar-refractivity contribution in [2.75, 3.05) is 0 Å². The summed E-state index contributed by atoms with van der Waals surface area (Å²) in [6, 6.07) is 20.8. The standard InChI is InChI=1S/C12H10.C10H18O4.H4N2/c1-3-7-11(8-4-1)12-9-5-2-6-10-12;11-9(12)7-5-3-1-2-4-6-8-10(13)14;1-2/h1-10H;1-8H2,(H,11,12)(H,13,14);1-2H2. The summed E-state index contributed by atoms with van der Waals surface area (Å²) in [6.07, 6.45) is 5.82. The number of carboxylic acids is 2. The number of carboxylic acid groups (broad SMARTS) is 2. The fraction of sp³-hybridized carbons (Fsp3) is 0.364. The molecular weight excluding hydrogens is 356 g/mol. The normalized spacial score (nSPS) is 9.36. The van der Waals surface area contributed by atoms with Gasteiger partial charge in [0.05, 0.1) is 0 Å². The van der Waals surface area contributed by atoms with E-state index in [9.17, 15) is 9.59 Å². The molecule has 6 nitrogen and oxygen atoms in total. The summed E-state index contributed by atoms with van der Waals surface area (Å²) in [6.45, 7) is 0. The summed E-state index contributed by atoms with van der Waals surface area (Å²) in [5, 5.41) is 16.7. The van der Waals surface area contributed by atoms with Gasteiger partial charge in [0.25, 0.3) is 0 Å². The third-order valence-corrected chi connectivity index (χ3v) is 3.91. The lowest BCUT2D eigenvalue weighted by Gasteiger charge is -1.98. The van der Waals surface area contributed by atoms with Crippen molar-refractivity contribution >= 4 is 11.9 Å². The number of aliphatic carboxylic acids is 2. The number of hydrazine groups is 1. The van der Waals surface area contributed by atoms with Crippen LogP contribution >= 0.6 is 0 Å². The molecule has 0 atom stereocenters. The van der Waals surface area contributed by atoms with Gasteiger partial charge < -0.3 is 10.2 Å². The smallest absolute Gasteiger partial charge is 0.303 e. The summed E-state index contributed by atoms with van der Waals surface area (Å²) >= 11 is 0. The molecule has 0 saturated heterocycles. The van der Waals surface area contributed by atoms with Crippen LogP contribution in [-0.2, 0) is 9.59 Å². The Bertz CT molecular complexity index is 576. The van der Waals surface area contributed by atoms with Crippen LogP contribution in [0.3, 0.4) is 0 Å². The van der Waals surface area contributed by atoms with Crippen LogP contribution in [0.5, 0.6) is 0 Å². The van der Waals surface area contributed by atoms with Gasteiger partial charge in [-0.3, -0.25) is 21.3 Å².